The second kappa shape index (κ2) is 9.43. The van der Waals surface area contributed by atoms with E-state index in [1.165, 1.54) is 11.1 Å². The maximum absolute atomic E-state index is 12.8. The molecule has 0 aromatic heterocycles. The molecular formula is C25H31N3O2. The zero-order valence-electron chi connectivity index (χ0n) is 17.6. The van der Waals surface area contributed by atoms with Crippen molar-refractivity contribution in [3.05, 3.63) is 71.3 Å². The van der Waals surface area contributed by atoms with Crippen LogP contribution in [0.5, 0.6) is 0 Å². The Bertz CT molecular complexity index is 883. The third-order valence-corrected chi connectivity index (χ3v) is 6.46. The van der Waals surface area contributed by atoms with Gasteiger partial charge in [-0.3, -0.25) is 14.5 Å². The summed E-state index contributed by atoms with van der Waals surface area (Å²) in [6, 6.07) is 18.2. The van der Waals surface area contributed by atoms with E-state index in [9.17, 15) is 9.59 Å². The van der Waals surface area contributed by atoms with Crippen LogP contribution in [0.2, 0.25) is 0 Å². The SMILES string of the molecule is CCC1c2ccccc2CCC1NC(=O)CN1CCC(NC(=O)c2ccccc2)C1. The number of fused-ring (bicyclic) bond motifs is 1. The van der Waals surface area contributed by atoms with E-state index in [1.54, 1.807) is 0 Å². The van der Waals surface area contributed by atoms with Crippen LogP contribution in [0.3, 0.4) is 0 Å². The smallest absolute Gasteiger partial charge is 0.251 e. The van der Waals surface area contributed by atoms with Crippen LogP contribution in [0.1, 0.15) is 53.6 Å². The topological polar surface area (TPSA) is 61.4 Å². The highest BCUT2D eigenvalue weighted by molar-refractivity contribution is 5.94. The normalized spacial score (nSPS) is 23.6. The van der Waals surface area contributed by atoms with Crippen LogP contribution >= 0.6 is 0 Å². The third kappa shape index (κ3) is 4.73. The van der Waals surface area contributed by atoms with E-state index in [0.717, 1.165) is 38.8 Å². The molecule has 1 saturated heterocycles. The van der Waals surface area contributed by atoms with Gasteiger partial charge in [0.15, 0.2) is 0 Å². The first-order valence-electron chi connectivity index (χ1n) is 11.1. The monoisotopic (exact) mass is 405 g/mol. The van der Waals surface area contributed by atoms with E-state index < -0.39 is 0 Å². The van der Waals surface area contributed by atoms with Gasteiger partial charge in [0, 0.05) is 36.7 Å². The molecule has 1 fully saturated rings. The van der Waals surface area contributed by atoms with Crippen molar-refractivity contribution < 1.29 is 9.59 Å². The average molecular weight is 406 g/mol. The Balaban J connectivity index is 1.27. The number of hydrogen-bond acceptors (Lipinski definition) is 3. The summed E-state index contributed by atoms with van der Waals surface area (Å²) < 4.78 is 0. The highest BCUT2D eigenvalue weighted by Gasteiger charge is 2.31. The van der Waals surface area contributed by atoms with Crippen LogP contribution in [0.15, 0.2) is 54.6 Å². The highest BCUT2D eigenvalue weighted by atomic mass is 16.2. The molecule has 1 aliphatic carbocycles. The van der Waals surface area contributed by atoms with Gasteiger partial charge in [0.2, 0.25) is 5.91 Å². The molecule has 1 heterocycles. The van der Waals surface area contributed by atoms with E-state index in [-0.39, 0.29) is 23.9 Å². The fourth-order valence-corrected chi connectivity index (χ4v) is 4.94. The van der Waals surface area contributed by atoms with Gasteiger partial charge in [0.05, 0.1) is 6.54 Å². The molecule has 2 aromatic carbocycles. The number of benzene rings is 2. The molecule has 0 spiro atoms. The zero-order chi connectivity index (χ0) is 20.9. The van der Waals surface area contributed by atoms with Gasteiger partial charge >= 0.3 is 0 Å². The minimum atomic E-state index is -0.0430. The van der Waals surface area contributed by atoms with E-state index >= 15 is 0 Å². The van der Waals surface area contributed by atoms with Crippen molar-refractivity contribution in [3.63, 3.8) is 0 Å². The Morgan fingerprint density at radius 1 is 1.00 bits per heavy atom. The summed E-state index contributed by atoms with van der Waals surface area (Å²) in [5, 5.41) is 6.40. The second-order valence-corrected chi connectivity index (χ2v) is 8.49. The van der Waals surface area contributed by atoms with Gasteiger partial charge < -0.3 is 10.6 Å². The van der Waals surface area contributed by atoms with Crippen molar-refractivity contribution in [2.45, 2.75) is 50.6 Å². The largest absolute Gasteiger partial charge is 0.352 e. The third-order valence-electron chi connectivity index (χ3n) is 6.46. The van der Waals surface area contributed by atoms with Gasteiger partial charge in [-0.25, -0.2) is 0 Å². The van der Waals surface area contributed by atoms with E-state index in [1.807, 2.05) is 30.3 Å². The molecule has 2 aliphatic rings. The molecule has 1 aliphatic heterocycles. The lowest BCUT2D eigenvalue weighted by Crippen LogP contribution is -2.46. The van der Waals surface area contributed by atoms with Gasteiger partial charge in [-0.2, -0.15) is 0 Å². The number of carbonyl (C=O) groups excluding carboxylic acids is 2. The number of nitrogens with zero attached hydrogens (tertiary/aromatic N) is 1. The van der Waals surface area contributed by atoms with Crippen molar-refractivity contribution in [1.82, 2.24) is 15.5 Å². The van der Waals surface area contributed by atoms with Crippen molar-refractivity contribution in [2.75, 3.05) is 19.6 Å². The van der Waals surface area contributed by atoms with Gasteiger partial charge in [-0.15, -0.1) is 0 Å². The Morgan fingerprint density at radius 3 is 2.57 bits per heavy atom. The minimum absolute atomic E-state index is 0.0430. The molecule has 30 heavy (non-hydrogen) atoms. The first-order chi connectivity index (χ1) is 14.6. The van der Waals surface area contributed by atoms with Crippen LogP contribution < -0.4 is 10.6 Å². The summed E-state index contributed by atoms with van der Waals surface area (Å²) in [7, 11) is 0. The van der Waals surface area contributed by atoms with Crippen LogP contribution in [0.4, 0.5) is 0 Å². The number of nitrogens with one attached hydrogen (secondary N) is 2. The molecule has 4 rings (SSSR count). The predicted molar refractivity (Wildman–Crippen MR) is 118 cm³/mol. The van der Waals surface area contributed by atoms with Crippen LogP contribution in [-0.2, 0) is 11.2 Å². The lowest BCUT2D eigenvalue weighted by atomic mass is 9.78. The second-order valence-electron chi connectivity index (χ2n) is 8.49. The van der Waals surface area contributed by atoms with E-state index in [0.29, 0.717) is 18.0 Å². The number of rotatable bonds is 6. The quantitative estimate of drug-likeness (QED) is 0.776. The van der Waals surface area contributed by atoms with Crippen molar-refractivity contribution in [2.24, 2.45) is 0 Å². The summed E-state index contributed by atoms with van der Waals surface area (Å²) in [5.74, 6) is 0.432. The Morgan fingerprint density at radius 2 is 1.77 bits per heavy atom. The number of aryl methyl sites for hydroxylation is 1. The molecule has 0 saturated carbocycles. The highest BCUT2D eigenvalue weighted by Crippen LogP contribution is 2.34. The van der Waals surface area contributed by atoms with E-state index in [4.69, 9.17) is 0 Å². The fraction of sp³-hybridized carbons (Fsp3) is 0.440. The summed E-state index contributed by atoms with van der Waals surface area (Å²) in [4.78, 5) is 27.2. The Hall–Kier alpha value is -2.66. The van der Waals surface area contributed by atoms with Crippen LogP contribution in [-0.4, -0.2) is 48.4 Å². The summed E-state index contributed by atoms with van der Waals surface area (Å²) in [6.07, 6.45) is 3.92. The molecule has 2 aromatic rings. The minimum Gasteiger partial charge on any atom is -0.352 e. The standard InChI is InChI=1S/C25H31N3O2/c1-2-21-22-11-7-6-8-18(22)12-13-23(21)27-24(29)17-28-15-14-20(16-28)26-25(30)19-9-4-3-5-10-19/h3-11,20-21,23H,2,12-17H2,1H3,(H,26,30)(H,27,29). The number of carbonyl (C=O) groups is 2. The molecule has 158 valence electrons. The van der Waals surface area contributed by atoms with Crippen LogP contribution in [0.25, 0.3) is 0 Å². The zero-order valence-corrected chi connectivity index (χ0v) is 17.6. The first-order valence-corrected chi connectivity index (χ1v) is 11.1. The summed E-state index contributed by atoms with van der Waals surface area (Å²) >= 11 is 0. The average Bonchev–Trinajstić information content (AvgIpc) is 3.20. The number of likely N-dealkylation sites (tertiary alicyclic amines) is 1. The number of amides is 2. The van der Waals surface area contributed by atoms with Crippen molar-refractivity contribution in [3.8, 4) is 0 Å². The molecule has 2 N–H and O–H groups in total. The number of hydrogen-bond donors (Lipinski definition) is 2. The maximum Gasteiger partial charge on any atom is 0.251 e. The van der Waals surface area contributed by atoms with Crippen LogP contribution in [0, 0.1) is 0 Å². The molecule has 0 bridgehead atoms. The Kier molecular flexibility index (Phi) is 6.48. The van der Waals surface area contributed by atoms with Gasteiger partial charge in [0.1, 0.15) is 0 Å². The van der Waals surface area contributed by atoms with Crippen molar-refractivity contribution in [1.29, 1.82) is 0 Å². The lowest BCUT2D eigenvalue weighted by molar-refractivity contribution is -0.123. The molecule has 5 heteroatoms. The maximum atomic E-state index is 12.8. The van der Waals surface area contributed by atoms with E-state index in [2.05, 4.69) is 46.7 Å². The fourth-order valence-electron chi connectivity index (χ4n) is 4.94. The first kappa shape index (κ1) is 20.6. The molecular weight excluding hydrogens is 374 g/mol. The summed E-state index contributed by atoms with van der Waals surface area (Å²) in [6.45, 7) is 4.15. The van der Waals surface area contributed by atoms with Gasteiger partial charge in [0.25, 0.3) is 5.91 Å². The lowest BCUT2D eigenvalue weighted by Gasteiger charge is -2.34. The molecule has 2 amide bonds. The predicted octanol–water partition coefficient (Wildman–Crippen LogP) is 3.12. The molecule has 0 radical (unpaired) electrons. The Labute approximate surface area is 178 Å². The van der Waals surface area contributed by atoms with Gasteiger partial charge in [-0.1, -0.05) is 49.4 Å². The molecule has 3 atom stereocenters. The van der Waals surface area contributed by atoms with Gasteiger partial charge in [-0.05, 0) is 48.9 Å². The molecule has 5 nitrogen and oxygen atoms in total. The summed E-state index contributed by atoms with van der Waals surface area (Å²) in [5.41, 5.74) is 3.49. The van der Waals surface area contributed by atoms with Crippen molar-refractivity contribution >= 4 is 11.8 Å². The molecule has 3 unspecified atom stereocenters.